The molecule has 0 bridgehead atoms. The summed E-state index contributed by atoms with van der Waals surface area (Å²) < 4.78 is 5.61. The summed E-state index contributed by atoms with van der Waals surface area (Å²) in [7, 11) is 0. The van der Waals surface area contributed by atoms with Crippen LogP contribution < -0.4 is 15.8 Å². The average Bonchev–Trinajstić information content (AvgIpc) is 2.45. The molecule has 0 heterocycles. The number of hydrogen-bond acceptors (Lipinski definition) is 3. The van der Waals surface area contributed by atoms with E-state index in [1.54, 1.807) is 25.1 Å². The lowest BCUT2D eigenvalue weighted by atomic mass is 10.1. The molecule has 2 aromatic carbocycles. The highest BCUT2D eigenvalue weighted by molar-refractivity contribution is 6.35. The van der Waals surface area contributed by atoms with Crippen LogP contribution in [0, 0.1) is 13.8 Å². The highest BCUT2D eigenvalue weighted by Crippen LogP contribution is 2.29. The van der Waals surface area contributed by atoms with Crippen LogP contribution in [-0.2, 0) is 4.79 Å². The number of aryl methyl sites for hydroxylation is 2. The summed E-state index contributed by atoms with van der Waals surface area (Å²) in [6.07, 6.45) is -0.718. The van der Waals surface area contributed by atoms with Gasteiger partial charge in [0.1, 0.15) is 5.75 Å². The van der Waals surface area contributed by atoms with Gasteiger partial charge in [-0.15, -0.1) is 0 Å². The molecule has 0 radical (unpaired) electrons. The molecule has 2 rings (SSSR count). The molecule has 1 amide bonds. The molecule has 23 heavy (non-hydrogen) atoms. The summed E-state index contributed by atoms with van der Waals surface area (Å²) in [5, 5.41) is 3.73. The molecule has 2 aromatic rings. The smallest absolute Gasteiger partial charge is 0.265 e. The minimum atomic E-state index is -0.718. The number of anilines is 2. The van der Waals surface area contributed by atoms with E-state index in [1.165, 1.54) is 0 Å². The largest absolute Gasteiger partial charge is 0.479 e. The fourth-order valence-corrected chi connectivity index (χ4v) is 2.69. The molecule has 0 saturated carbocycles. The Morgan fingerprint density at radius 3 is 2.35 bits per heavy atom. The molecule has 1 atom stereocenters. The molecular formula is C17H18Cl2N2O2. The third kappa shape index (κ3) is 4.30. The fourth-order valence-electron chi connectivity index (χ4n) is 2.23. The Labute approximate surface area is 145 Å². The van der Waals surface area contributed by atoms with Crippen molar-refractivity contribution in [2.24, 2.45) is 0 Å². The number of benzene rings is 2. The van der Waals surface area contributed by atoms with Crippen molar-refractivity contribution in [3.05, 3.63) is 51.5 Å². The predicted molar refractivity (Wildman–Crippen MR) is 95.5 cm³/mol. The molecule has 0 unspecified atom stereocenters. The van der Waals surface area contributed by atoms with E-state index in [9.17, 15) is 4.79 Å². The molecule has 0 aliphatic carbocycles. The van der Waals surface area contributed by atoms with Crippen molar-refractivity contribution < 1.29 is 9.53 Å². The topological polar surface area (TPSA) is 64.3 Å². The minimum absolute atomic E-state index is 0.271. The van der Waals surface area contributed by atoms with Crippen molar-refractivity contribution in [3.8, 4) is 5.75 Å². The Kier molecular flexibility index (Phi) is 5.39. The first kappa shape index (κ1) is 17.4. The number of nitrogens with two attached hydrogens (primary N) is 1. The summed E-state index contributed by atoms with van der Waals surface area (Å²) in [6, 6.07) is 8.47. The predicted octanol–water partition coefficient (Wildman–Crippen LogP) is 4.60. The van der Waals surface area contributed by atoms with Gasteiger partial charge in [0.25, 0.3) is 5.91 Å². The monoisotopic (exact) mass is 352 g/mol. The van der Waals surface area contributed by atoms with Gasteiger partial charge in [0.15, 0.2) is 6.10 Å². The Morgan fingerprint density at radius 2 is 1.78 bits per heavy atom. The van der Waals surface area contributed by atoms with Crippen LogP contribution in [0.25, 0.3) is 0 Å². The van der Waals surface area contributed by atoms with E-state index >= 15 is 0 Å². The van der Waals surface area contributed by atoms with Gasteiger partial charge in [0, 0.05) is 16.4 Å². The van der Waals surface area contributed by atoms with Crippen LogP contribution in [0.15, 0.2) is 30.3 Å². The lowest BCUT2D eigenvalue weighted by Crippen LogP contribution is -2.30. The van der Waals surface area contributed by atoms with Gasteiger partial charge >= 0.3 is 0 Å². The Balaban J connectivity index is 2.11. The molecule has 6 heteroatoms. The first-order valence-electron chi connectivity index (χ1n) is 7.07. The SMILES string of the molecule is Cc1cc(N)cc(C)c1NC(=O)[C@@H](C)Oc1ccc(Cl)cc1Cl. The van der Waals surface area contributed by atoms with Crippen molar-refractivity contribution >= 4 is 40.5 Å². The summed E-state index contributed by atoms with van der Waals surface area (Å²) in [6.45, 7) is 5.43. The van der Waals surface area contributed by atoms with Gasteiger partial charge in [-0.25, -0.2) is 0 Å². The number of nitrogen functional groups attached to an aromatic ring is 1. The molecule has 4 nitrogen and oxygen atoms in total. The van der Waals surface area contributed by atoms with Gasteiger partial charge in [-0.1, -0.05) is 23.2 Å². The third-order valence-corrected chi connectivity index (χ3v) is 3.90. The number of nitrogens with one attached hydrogen (secondary N) is 1. The number of halogens is 2. The quantitative estimate of drug-likeness (QED) is 0.790. The Hall–Kier alpha value is -1.91. The van der Waals surface area contributed by atoms with Gasteiger partial charge in [-0.05, 0) is 62.2 Å². The van der Waals surface area contributed by atoms with Crippen molar-refractivity contribution in [2.45, 2.75) is 26.9 Å². The van der Waals surface area contributed by atoms with Gasteiger partial charge < -0.3 is 15.8 Å². The zero-order valence-electron chi connectivity index (χ0n) is 13.1. The standard InChI is InChI=1S/C17H18Cl2N2O2/c1-9-6-13(20)7-10(2)16(9)21-17(22)11(3)23-15-5-4-12(18)8-14(15)19/h4-8,11H,20H2,1-3H3,(H,21,22)/t11-/m1/s1. The maximum atomic E-state index is 12.3. The maximum absolute atomic E-state index is 12.3. The molecule has 0 spiro atoms. The van der Waals surface area contributed by atoms with Crippen LogP contribution in [0.5, 0.6) is 5.75 Å². The summed E-state index contributed by atoms with van der Waals surface area (Å²) in [5.41, 5.74) is 8.98. The van der Waals surface area contributed by atoms with Gasteiger partial charge in [-0.3, -0.25) is 4.79 Å². The second-order valence-corrected chi connectivity index (χ2v) is 6.20. The second-order valence-electron chi connectivity index (χ2n) is 5.35. The molecule has 0 aliphatic heterocycles. The second kappa shape index (κ2) is 7.11. The summed E-state index contributed by atoms with van der Waals surface area (Å²) in [5.74, 6) is 0.136. The number of rotatable bonds is 4. The van der Waals surface area contributed by atoms with Crippen LogP contribution in [0.4, 0.5) is 11.4 Å². The van der Waals surface area contributed by atoms with E-state index in [-0.39, 0.29) is 5.91 Å². The van der Waals surface area contributed by atoms with E-state index in [0.717, 1.165) is 16.8 Å². The van der Waals surface area contributed by atoms with E-state index in [2.05, 4.69) is 5.32 Å². The number of carbonyl (C=O) groups excluding carboxylic acids is 1. The fraction of sp³-hybridized carbons (Fsp3) is 0.235. The summed E-state index contributed by atoms with van der Waals surface area (Å²) in [4.78, 5) is 12.3. The third-order valence-electron chi connectivity index (χ3n) is 3.37. The first-order valence-corrected chi connectivity index (χ1v) is 7.83. The first-order chi connectivity index (χ1) is 10.8. The van der Waals surface area contributed by atoms with Crippen LogP contribution in [0.3, 0.4) is 0 Å². The van der Waals surface area contributed by atoms with Crippen molar-refractivity contribution in [1.29, 1.82) is 0 Å². The van der Waals surface area contributed by atoms with Crippen LogP contribution in [0.1, 0.15) is 18.1 Å². The van der Waals surface area contributed by atoms with Crippen molar-refractivity contribution in [1.82, 2.24) is 0 Å². The highest BCUT2D eigenvalue weighted by atomic mass is 35.5. The molecule has 0 saturated heterocycles. The van der Waals surface area contributed by atoms with E-state index in [0.29, 0.717) is 21.5 Å². The van der Waals surface area contributed by atoms with Crippen LogP contribution in [0.2, 0.25) is 10.0 Å². The van der Waals surface area contributed by atoms with Gasteiger partial charge in [0.2, 0.25) is 0 Å². The maximum Gasteiger partial charge on any atom is 0.265 e. The zero-order chi connectivity index (χ0) is 17.1. The Bertz CT molecular complexity index is 724. The minimum Gasteiger partial charge on any atom is -0.479 e. The highest BCUT2D eigenvalue weighted by Gasteiger charge is 2.18. The lowest BCUT2D eigenvalue weighted by Gasteiger charge is -2.18. The molecule has 0 aromatic heterocycles. The van der Waals surface area contributed by atoms with Gasteiger partial charge in [-0.2, -0.15) is 0 Å². The molecule has 122 valence electrons. The van der Waals surface area contributed by atoms with E-state index < -0.39 is 6.10 Å². The normalized spacial score (nSPS) is 11.9. The van der Waals surface area contributed by atoms with Crippen LogP contribution in [-0.4, -0.2) is 12.0 Å². The number of amides is 1. The number of carbonyl (C=O) groups is 1. The Morgan fingerprint density at radius 1 is 1.17 bits per heavy atom. The number of ether oxygens (including phenoxy) is 1. The summed E-state index contributed by atoms with van der Waals surface area (Å²) >= 11 is 11.9. The number of hydrogen-bond donors (Lipinski definition) is 2. The molecule has 0 fully saturated rings. The van der Waals surface area contributed by atoms with E-state index in [4.69, 9.17) is 33.7 Å². The zero-order valence-corrected chi connectivity index (χ0v) is 14.6. The molecular weight excluding hydrogens is 335 g/mol. The van der Waals surface area contributed by atoms with Crippen molar-refractivity contribution in [2.75, 3.05) is 11.1 Å². The van der Waals surface area contributed by atoms with Crippen molar-refractivity contribution in [3.63, 3.8) is 0 Å². The van der Waals surface area contributed by atoms with Crippen LogP contribution >= 0.6 is 23.2 Å². The average molecular weight is 353 g/mol. The van der Waals surface area contributed by atoms with E-state index in [1.807, 2.05) is 26.0 Å². The lowest BCUT2D eigenvalue weighted by molar-refractivity contribution is -0.122. The van der Waals surface area contributed by atoms with Gasteiger partial charge in [0.05, 0.1) is 5.02 Å². The molecule has 0 aliphatic rings. The molecule has 3 N–H and O–H groups in total.